The molecular weight excluding hydrogens is 248 g/mol. The molecule has 0 radical (unpaired) electrons. The summed E-state index contributed by atoms with van der Waals surface area (Å²) in [5.74, 6) is 0. The van der Waals surface area contributed by atoms with Crippen LogP contribution in [0.1, 0.15) is 24.2 Å². The highest BCUT2D eigenvalue weighted by Crippen LogP contribution is 2.28. The summed E-state index contributed by atoms with van der Waals surface area (Å²) in [6.45, 7) is 6.24. The van der Waals surface area contributed by atoms with Crippen molar-refractivity contribution < 1.29 is 4.79 Å². The van der Waals surface area contributed by atoms with Crippen LogP contribution in [-0.4, -0.2) is 43.4 Å². The molecule has 2 rings (SSSR count). The molecule has 0 saturated carbocycles. The van der Waals surface area contributed by atoms with Crippen LogP contribution in [0.15, 0.2) is 18.2 Å². The van der Waals surface area contributed by atoms with Crippen LogP contribution in [0.3, 0.4) is 0 Å². The Morgan fingerprint density at radius 1 is 1.28 bits per heavy atom. The minimum atomic E-state index is 0.465. The molecule has 1 aliphatic rings. The number of hydrogen-bond acceptors (Lipinski definition) is 3. The van der Waals surface area contributed by atoms with E-state index < -0.39 is 0 Å². The number of halogens is 1. The van der Waals surface area contributed by atoms with Gasteiger partial charge in [-0.15, -0.1) is 0 Å². The van der Waals surface area contributed by atoms with Gasteiger partial charge in [0, 0.05) is 30.9 Å². The largest absolute Gasteiger partial charge is 0.368 e. The first kappa shape index (κ1) is 13.4. The molecule has 18 heavy (non-hydrogen) atoms. The van der Waals surface area contributed by atoms with E-state index in [9.17, 15) is 4.79 Å². The fourth-order valence-corrected chi connectivity index (χ4v) is 2.73. The standard InChI is InChI=1S/C14H19ClN2O/c1-10-7-17(8-11(2)16(10)3)14-6-4-5-13(15)12(14)9-18/h4-6,9-11H,7-8H2,1-3H3. The Labute approximate surface area is 113 Å². The molecule has 1 fully saturated rings. The maximum Gasteiger partial charge on any atom is 0.153 e. The van der Waals surface area contributed by atoms with Crippen molar-refractivity contribution in [3.63, 3.8) is 0 Å². The van der Waals surface area contributed by atoms with E-state index in [1.165, 1.54) is 0 Å². The summed E-state index contributed by atoms with van der Waals surface area (Å²) in [4.78, 5) is 15.8. The summed E-state index contributed by atoms with van der Waals surface area (Å²) in [5.41, 5.74) is 1.55. The first-order valence-electron chi connectivity index (χ1n) is 6.25. The lowest BCUT2D eigenvalue weighted by molar-refractivity contribution is 0.112. The first-order valence-corrected chi connectivity index (χ1v) is 6.63. The molecule has 0 spiro atoms. The summed E-state index contributed by atoms with van der Waals surface area (Å²) in [7, 11) is 2.14. The van der Waals surface area contributed by atoms with E-state index in [1.807, 2.05) is 12.1 Å². The van der Waals surface area contributed by atoms with E-state index in [1.54, 1.807) is 6.07 Å². The lowest BCUT2D eigenvalue weighted by Crippen LogP contribution is -2.55. The molecule has 0 amide bonds. The van der Waals surface area contributed by atoms with Gasteiger partial charge < -0.3 is 4.90 Å². The Morgan fingerprint density at radius 2 is 1.89 bits per heavy atom. The van der Waals surface area contributed by atoms with Crippen molar-refractivity contribution in [2.45, 2.75) is 25.9 Å². The van der Waals surface area contributed by atoms with Crippen LogP contribution in [-0.2, 0) is 0 Å². The summed E-state index contributed by atoms with van der Waals surface area (Å²) in [6, 6.07) is 6.57. The second kappa shape index (κ2) is 5.29. The predicted molar refractivity (Wildman–Crippen MR) is 75.7 cm³/mol. The van der Waals surface area contributed by atoms with Gasteiger partial charge in [-0.25, -0.2) is 0 Å². The average molecular weight is 267 g/mol. The second-order valence-electron chi connectivity index (χ2n) is 5.06. The second-order valence-corrected chi connectivity index (χ2v) is 5.47. The molecule has 1 aromatic carbocycles. The van der Waals surface area contributed by atoms with E-state index in [4.69, 9.17) is 11.6 Å². The van der Waals surface area contributed by atoms with Gasteiger partial charge in [0.1, 0.15) is 0 Å². The van der Waals surface area contributed by atoms with E-state index in [0.29, 0.717) is 22.7 Å². The Bertz CT molecular complexity index is 437. The van der Waals surface area contributed by atoms with Crippen molar-refractivity contribution in [3.8, 4) is 0 Å². The number of carbonyl (C=O) groups excluding carboxylic acids is 1. The van der Waals surface area contributed by atoms with E-state index in [-0.39, 0.29) is 0 Å². The van der Waals surface area contributed by atoms with Crippen LogP contribution in [0.2, 0.25) is 5.02 Å². The molecule has 1 saturated heterocycles. The highest BCUT2D eigenvalue weighted by atomic mass is 35.5. The van der Waals surface area contributed by atoms with E-state index in [2.05, 4.69) is 30.7 Å². The van der Waals surface area contributed by atoms with Gasteiger partial charge in [0.05, 0.1) is 10.6 Å². The minimum Gasteiger partial charge on any atom is -0.368 e. The third kappa shape index (κ3) is 2.38. The molecule has 98 valence electrons. The molecule has 1 aliphatic heterocycles. The van der Waals surface area contributed by atoms with Crippen molar-refractivity contribution in [1.29, 1.82) is 0 Å². The Balaban J connectivity index is 2.32. The number of rotatable bonds is 2. The molecule has 0 aromatic heterocycles. The molecule has 2 unspecified atom stereocenters. The fraction of sp³-hybridized carbons (Fsp3) is 0.500. The van der Waals surface area contributed by atoms with Crippen LogP contribution < -0.4 is 4.90 Å². The molecule has 3 nitrogen and oxygen atoms in total. The molecule has 4 heteroatoms. The van der Waals surface area contributed by atoms with Crippen molar-refractivity contribution in [1.82, 2.24) is 4.90 Å². The van der Waals surface area contributed by atoms with Crippen molar-refractivity contribution >= 4 is 23.6 Å². The lowest BCUT2D eigenvalue weighted by atomic mass is 10.1. The Kier molecular flexibility index (Phi) is 3.93. The number of carbonyl (C=O) groups is 1. The van der Waals surface area contributed by atoms with E-state index in [0.717, 1.165) is 25.1 Å². The van der Waals surface area contributed by atoms with Crippen LogP contribution in [0.4, 0.5) is 5.69 Å². The van der Waals surface area contributed by atoms with Gasteiger partial charge in [-0.2, -0.15) is 0 Å². The van der Waals surface area contributed by atoms with Gasteiger partial charge in [-0.1, -0.05) is 17.7 Å². The average Bonchev–Trinajstić information content (AvgIpc) is 2.35. The normalized spacial score (nSPS) is 25.2. The van der Waals surface area contributed by atoms with Crippen LogP contribution in [0, 0.1) is 0 Å². The lowest BCUT2D eigenvalue weighted by Gasteiger charge is -2.43. The van der Waals surface area contributed by atoms with Crippen molar-refractivity contribution in [3.05, 3.63) is 28.8 Å². The van der Waals surface area contributed by atoms with Gasteiger partial charge >= 0.3 is 0 Å². The third-order valence-corrected chi connectivity index (χ3v) is 4.18. The Hall–Kier alpha value is -1.06. The number of likely N-dealkylation sites (N-methyl/N-ethyl adjacent to an activating group) is 1. The van der Waals surface area contributed by atoms with Crippen molar-refractivity contribution in [2.24, 2.45) is 0 Å². The molecule has 0 aliphatic carbocycles. The third-order valence-electron chi connectivity index (χ3n) is 3.85. The summed E-state index contributed by atoms with van der Waals surface area (Å²) in [6.07, 6.45) is 0.852. The zero-order valence-electron chi connectivity index (χ0n) is 11.1. The summed E-state index contributed by atoms with van der Waals surface area (Å²) >= 11 is 6.08. The van der Waals surface area contributed by atoms with Gasteiger partial charge in [-0.05, 0) is 33.0 Å². The van der Waals surface area contributed by atoms with Crippen LogP contribution >= 0.6 is 11.6 Å². The maximum absolute atomic E-state index is 11.2. The fourth-order valence-electron chi connectivity index (χ4n) is 2.52. The number of benzene rings is 1. The smallest absolute Gasteiger partial charge is 0.153 e. The number of piperazine rings is 1. The van der Waals surface area contributed by atoms with Gasteiger partial charge in [0.15, 0.2) is 6.29 Å². The number of anilines is 1. The van der Waals surface area contributed by atoms with Crippen LogP contribution in [0.25, 0.3) is 0 Å². The van der Waals surface area contributed by atoms with Gasteiger partial charge in [0.25, 0.3) is 0 Å². The highest BCUT2D eigenvalue weighted by molar-refractivity contribution is 6.33. The van der Waals surface area contributed by atoms with Gasteiger partial charge in [-0.3, -0.25) is 9.69 Å². The Morgan fingerprint density at radius 3 is 2.44 bits per heavy atom. The zero-order valence-corrected chi connectivity index (χ0v) is 11.8. The predicted octanol–water partition coefficient (Wildman–Crippen LogP) is 2.68. The minimum absolute atomic E-state index is 0.465. The van der Waals surface area contributed by atoms with Crippen LogP contribution in [0.5, 0.6) is 0 Å². The molecule has 0 N–H and O–H groups in total. The number of nitrogens with zero attached hydrogens (tertiary/aromatic N) is 2. The number of hydrogen-bond donors (Lipinski definition) is 0. The first-order chi connectivity index (χ1) is 8.54. The molecule has 1 aromatic rings. The quantitative estimate of drug-likeness (QED) is 0.769. The number of aldehydes is 1. The SMILES string of the molecule is CC1CN(c2cccc(Cl)c2C=O)CC(C)N1C. The molecule has 1 heterocycles. The molecule has 2 atom stereocenters. The summed E-state index contributed by atoms with van der Waals surface area (Å²) < 4.78 is 0. The maximum atomic E-state index is 11.2. The monoisotopic (exact) mass is 266 g/mol. The zero-order chi connectivity index (χ0) is 13.3. The topological polar surface area (TPSA) is 23.6 Å². The van der Waals surface area contributed by atoms with Crippen molar-refractivity contribution in [2.75, 3.05) is 25.0 Å². The van der Waals surface area contributed by atoms with E-state index >= 15 is 0 Å². The molecular formula is C14H19ClN2O. The summed E-state index contributed by atoms with van der Waals surface area (Å²) in [5, 5.41) is 0.529. The highest BCUT2D eigenvalue weighted by Gasteiger charge is 2.27. The van der Waals surface area contributed by atoms with Gasteiger partial charge in [0.2, 0.25) is 0 Å². The molecule has 0 bridgehead atoms.